The van der Waals surface area contributed by atoms with Crippen molar-refractivity contribution in [3.63, 3.8) is 0 Å². The molecule has 0 bridgehead atoms. The van der Waals surface area contributed by atoms with Crippen molar-refractivity contribution < 1.29 is 4.52 Å². The zero-order valence-electron chi connectivity index (χ0n) is 17.7. The first-order valence-electron chi connectivity index (χ1n) is 11.0. The summed E-state index contributed by atoms with van der Waals surface area (Å²) in [7, 11) is 0. The average molecular weight is 403 g/mol. The van der Waals surface area contributed by atoms with Crippen LogP contribution in [0.2, 0.25) is 0 Å². The number of nitrogens with zero attached hydrogens (tertiary/aromatic N) is 4. The predicted molar refractivity (Wildman–Crippen MR) is 117 cm³/mol. The molecule has 0 radical (unpaired) electrons. The molecule has 0 N–H and O–H groups in total. The highest BCUT2D eigenvalue weighted by atomic mass is 16.5. The Bertz CT molecular complexity index is 958. The van der Waals surface area contributed by atoms with Crippen molar-refractivity contribution in [3.8, 4) is 0 Å². The van der Waals surface area contributed by atoms with Crippen molar-refractivity contribution in [1.82, 2.24) is 19.9 Å². The van der Waals surface area contributed by atoms with Gasteiger partial charge in [-0.15, -0.1) is 0 Å². The van der Waals surface area contributed by atoms with Crippen LogP contribution >= 0.6 is 0 Å². The first kappa shape index (κ1) is 19.5. The summed E-state index contributed by atoms with van der Waals surface area (Å²) in [6, 6.07) is 21.6. The van der Waals surface area contributed by atoms with E-state index in [4.69, 9.17) is 9.51 Å². The van der Waals surface area contributed by atoms with Crippen LogP contribution in [-0.4, -0.2) is 52.7 Å². The van der Waals surface area contributed by atoms with E-state index >= 15 is 0 Å². The van der Waals surface area contributed by atoms with Crippen LogP contribution in [-0.2, 0) is 18.4 Å². The number of benzene rings is 2. The van der Waals surface area contributed by atoms with Crippen LogP contribution in [0.5, 0.6) is 0 Å². The molecule has 30 heavy (non-hydrogen) atoms. The van der Waals surface area contributed by atoms with E-state index in [1.165, 1.54) is 17.5 Å². The van der Waals surface area contributed by atoms with Gasteiger partial charge in [0.25, 0.3) is 0 Å². The van der Waals surface area contributed by atoms with Crippen molar-refractivity contribution in [2.24, 2.45) is 5.92 Å². The monoisotopic (exact) mass is 402 g/mol. The molecule has 3 heterocycles. The molecule has 2 aromatic carbocycles. The van der Waals surface area contributed by atoms with Crippen LogP contribution in [0.15, 0.2) is 65.2 Å². The maximum atomic E-state index is 5.80. The topological polar surface area (TPSA) is 45.4 Å². The van der Waals surface area contributed by atoms with E-state index in [0.29, 0.717) is 5.92 Å². The van der Waals surface area contributed by atoms with E-state index in [9.17, 15) is 0 Å². The van der Waals surface area contributed by atoms with Crippen LogP contribution in [0.1, 0.15) is 29.3 Å². The Kier molecular flexibility index (Phi) is 5.40. The minimum absolute atomic E-state index is 0.0645. The number of aromatic nitrogens is 2. The predicted octanol–water partition coefficient (Wildman–Crippen LogP) is 3.70. The summed E-state index contributed by atoms with van der Waals surface area (Å²) in [5, 5.41) is 4.15. The molecule has 5 heteroatoms. The highest BCUT2D eigenvalue weighted by Gasteiger charge is 2.54. The molecule has 5 rings (SSSR count). The fraction of sp³-hybridized carbons (Fsp3) is 0.440. The van der Waals surface area contributed by atoms with Crippen LogP contribution < -0.4 is 0 Å². The Morgan fingerprint density at radius 1 is 0.967 bits per heavy atom. The summed E-state index contributed by atoms with van der Waals surface area (Å²) in [6.45, 7) is 8.20. The Morgan fingerprint density at radius 3 is 2.37 bits per heavy atom. The summed E-state index contributed by atoms with van der Waals surface area (Å²) in [5.74, 6) is 2.14. The molecule has 1 aromatic heterocycles. The first-order valence-corrected chi connectivity index (χ1v) is 11.0. The van der Waals surface area contributed by atoms with Gasteiger partial charge in [0.2, 0.25) is 5.89 Å². The molecule has 0 amide bonds. The zero-order chi connectivity index (χ0) is 20.4. The lowest BCUT2D eigenvalue weighted by Crippen LogP contribution is -2.52. The van der Waals surface area contributed by atoms with E-state index in [1.807, 2.05) is 6.92 Å². The molecule has 2 fully saturated rings. The van der Waals surface area contributed by atoms with Crippen LogP contribution in [0, 0.1) is 12.8 Å². The molecule has 2 aliphatic rings. The Morgan fingerprint density at radius 2 is 1.67 bits per heavy atom. The second kappa shape index (κ2) is 8.32. The summed E-state index contributed by atoms with van der Waals surface area (Å²) in [6.07, 6.45) is 2.26. The number of hydrogen-bond donors (Lipinski definition) is 0. The lowest BCUT2D eigenvalue weighted by Gasteiger charge is -2.42. The van der Waals surface area contributed by atoms with Gasteiger partial charge in [0.05, 0.1) is 5.41 Å². The van der Waals surface area contributed by atoms with Crippen molar-refractivity contribution in [2.75, 3.05) is 32.7 Å². The molecule has 2 saturated heterocycles. The molecular formula is C25H30N4O. The Labute approximate surface area is 178 Å². The second-order valence-electron chi connectivity index (χ2n) is 8.96. The Hall–Kier alpha value is -2.50. The summed E-state index contributed by atoms with van der Waals surface area (Å²) in [4.78, 5) is 9.92. The van der Waals surface area contributed by atoms with Crippen LogP contribution in [0.3, 0.4) is 0 Å². The van der Waals surface area contributed by atoms with Crippen molar-refractivity contribution >= 4 is 0 Å². The fourth-order valence-electron chi connectivity index (χ4n) is 5.34. The van der Waals surface area contributed by atoms with Gasteiger partial charge in [0, 0.05) is 32.7 Å². The number of aryl methyl sites for hydroxylation is 1. The maximum absolute atomic E-state index is 5.80. The largest absolute Gasteiger partial charge is 0.339 e. The molecule has 0 aliphatic carbocycles. The third-order valence-corrected chi connectivity index (χ3v) is 6.83. The molecule has 156 valence electrons. The normalized spacial score (nSPS) is 24.8. The highest BCUT2D eigenvalue weighted by molar-refractivity contribution is 5.21. The third-order valence-electron chi connectivity index (χ3n) is 6.83. The van der Waals surface area contributed by atoms with Crippen LogP contribution in [0.25, 0.3) is 0 Å². The van der Waals surface area contributed by atoms with Gasteiger partial charge in [-0.1, -0.05) is 65.8 Å². The number of piperidine rings is 1. The van der Waals surface area contributed by atoms with E-state index in [1.54, 1.807) is 0 Å². The van der Waals surface area contributed by atoms with Gasteiger partial charge in [-0.05, 0) is 43.4 Å². The summed E-state index contributed by atoms with van der Waals surface area (Å²) >= 11 is 0. The summed E-state index contributed by atoms with van der Waals surface area (Å²) < 4.78 is 5.80. The number of fused-ring (bicyclic) bond motifs is 1. The number of hydrogen-bond acceptors (Lipinski definition) is 5. The molecule has 0 spiro atoms. The van der Waals surface area contributed by atoms with E-state index in [2.05, 4.69) is 75.6 Å². The molecular weight excluding hydrogens is 372 g/mol. The highest BCUT2D eigenvalue weighted by Crippen LogP contribution is 2.44. The van der Waals surface area contributed by atoms with E-state index in [-0.39, 0.29) is 5.41 Å². The minimum Gasteiger partial charge on any atom is -0.339 e. The van der Waals surface area contributed by atoms with Gasteiger partial charge in [-0.3, -0.25) is 4.90 Å². The molecule has 0 unspecified atom stereocenters. The second-order valence-corrected chi connectivity index (χ2v) is 8.96. The van der Waals surface area contributed by atoms with Gasteiger partial charge >= 0.3 is 0 Å². The van der Waals surface area contributed by atoms with Crippen molar-refractivity contribution in [3.05, 3.63) is 83.5 Å². The van der Waals surface area contributed by atoms with Gasteiger partial charge in [-0.2, -0.15) is 4.98 Å². The summed E-state index contributed by atoms with van der Waals surface area (Å²) in [5.41, 5.74) is 2.71. The van der Waals surface area contributed by atoms with Crippen molar-refractivity contribution in [1.29, 1.82) is 0 Å². The van der Waals surface area contributed by atoms with Gasteiger partial charge in [0.1, 0.15) is 0 Å². The van der Waals surface area contributed by atoms with E-state index < -0.39 is 0 Å². The maximum Gasteiger partial charge on any atom is 0.235 e. The lowest BCUT2D eigenvalue weighted by molar-refractivity contribution is 0.0936. The van der Waals surface area contributed by atoms with E-state index in [0.717, 1.165) is 57.4 Å². The number of rotatable bonds is 6. The smallest absolute Gasteiger partial charge is 0.235 e. The fourth-order valence-corrected chi connectivity index (χ4v) is 5.34. The van der Waals surface area contributed by atoms with Gasteiger partial charge in [-0.25, -0.2) is 0 Å². The lowest BCUT2D eigenvalue weighted by atomic mass is 9.73. The number of likely N-dealkylation sites (tertiary alicyclic amines) is 2. The third kappa shape index (κ3) is 3.92. The molecule has 5 nitrogen and oxygen atoms in total. The van der Waals surface area contributed by atoms with Gasteiger partial charge in [0.15, 0.2) is 5.82 Å². The molecule has 3 aromatic rings. The zero-order valence-corrected chi connectivity index (χ0v) is 17.7. The SMILES string of the molecule is Cc1noc([C@]23CN(CCc4ccccc4)CC[C@H]2CN(Cc2ccccc2)C3)n1. The standard InChI is InChI=1S/C25H30N4O/c1-20-26-24(30-27-20)25-18-28(14-12-21-8-4-2-5-9-21)15-13-23(25)17-29(19-25)16-22-10-6-3-7-11-22/h2-11,23H,12-19H2,1H3/t23-,25-/m0/s1. The van der Waals surface area contributed by atoms with Gasteiger partial charge < -0.3 is 9.42 Å². The molecule has 2 aliphatic heterocycles. The van der Waals surface area contributed by atoms with Crippen molar-refractivity contribution in [2.45, 2.75) is 31.7 Å². The molecule has 2 atom stereocenters. The van der Waals surface area contributed by atoms with Crippen LogP contribution in [0.4, 0.5) is 0 Å². The Balaban J connectivity index is 1.35. The molecule has 0 saturated carbocycles. The average Bonchev–Trinajstić information content (AvgIpc) is 3.37. The first-order chi connectivity index (χ1) is 14.7. The minimum atomic E-state index is -0.0645. The quantitative estimate of drug-likeness (QED) is 0.629.